The number of nitrogens with zero attached hydrogens (tertiary/aromatic N) is 1. The van der Waals surface area contributed by atoms with Gasteiger partial charge in [0.15, 0.2) is 12.4 Å². The van der Waals surface area contributed by atoms with Crippen molar-refractivity contribution in [2.24, 2.45) is 0 Å². The van der Waals surface area contributed by atoms with Crippen LogP contribution in [0, 0.1) is 0 Å². The van der Waals surface area contributed by atoms with Crippen LogP contribution in [-0.2, 0) is 6.54 Å². The van der Waals surface area contributed by atoms with Crippen molar-refractivity contribution in [1.29, 1.82) is 0 Å². The molecule has 2 heteroatoms. The third-order valence-corrected chi connectivity index (χ3v) is 4.52. The lowest BCUT2D eigenvalue weighted by atomic mass is 10.1. The molecular weight excluding hydrogens is 285 g/mol. The first-order chi connectivity index (χ1) is 10.9. The highest BCUT2D eigenvalue weighted by atomic mass is 19.0. The van der Waals surface area contributed by atoms with E-state index in [0.717, 1.165) is 6.54 Å². The van der Waals surface area contributed by atoms with E-state index in [1.54, 1.807) is 0 Å². The third-order valence-electron chi connectivity index (χ3n) is 4.52. The van der Waals surface area contributed by atoms with Gasteiger partial charge in [0, 0.05) is 17.9 Å². The highest BCUT2D eigenvalue weighted by Gasteiger charge is 2.02. The van der Waals surface area contributed by atoms with E-state index in [1.165, 1.54) is 75.0 Å². The normalized spacial score (nSPS) is 10.7. The van der Waals surface area contributed by atoms with Gasteiger partial charge >= 0.3 is 0 Å². The molecule has 1 aromatic heterocycles. The fourth-order valence-electron chi connectivity index (χ4n) is 3.10. The van der Waals surface area contributed by atoms with Crippen molar-refractivity contribution in [2.45, 2.75) is 77.7 Å². The average molecular weight is 317 g/mol. The molecule has 2 rings (SSSR count). The van der Waals surface area contributed by atoms with Crippen molar-refractivity contribution >= 4 is 10.8 Å². The van der Waals surface area contributed by atoms with E-state index < -0.39 is 0 Å². The summed E-state index contributed by atoms with van der Waals surface area (Å²) in [5.74, 6) is 0. The summed E-state index contributed by atoms with van der Waals surface area (Å²) in [5.41, 5.74) is 0. The smallest absolute Gasteiger partial charge is 0.176 e. The number of aryl methyl sites for hydroxylation is 1. The Morgan fingerprint density at radius 1 is 0.696 bits per heavy atom. The molecule has 0 saturated heterocycles. The molecule has 0 fully saturated rings. The number of hydrogen-bond donors (Lipinski definition) is 0. The van der Waals surface area contributed by atoms with E-state index in [9.17, 15) is 0 Å². The number of halogens is 1. The zero-order valence-electron chi connectivity index (χ0n) is 14.6. The Morgan fingerprint density at radius 3 is 1.91 bits per heavy atom. The van der Waals surface area contributed by atoms with Gasteiger partial charge in [-0.2, -0.15) is 0 Å². The molecule has 0 unspecified atom stereocenters. The minimum absolute atomic E-state index is 0. The van der Waals surface area contributed by atoms with Gasteiger partial charge in [-0.3, -0.25) is 0 Å². The Balaban J connectivity index is 0.00000264. The van der Waals surface area contributed by atoms with Crippen molar-refractivity contribution in [3.8, 4) is 0 Å². The Kier molecular flexibility index (Phi) is 10.3. The van der Waals surface area contributed by atoms with E-state index in [-0.39, 0.29) is 4.70 Å². The third kappa shape index (κ3) is 7.58. The lowest BCUT2D eigenvalue weighted by molar-refractivity contribution is -0.696. The van der Waals surface area contributed by atoms with Crippen molar-refractivity contribution in [2.75, 3.05) is 0 Å². The van der Waals surface area contributed by atoms with Crippen molar-refractivity contribution in [1.82, 2.24) is 0 Å². The summed E-state index contributed by atoms with van der Waals surface area (Å²) in [6.07, 6.45) is 18.5. The summed E-state index contributed by atoms with van der Waals surface area (Å²) in [6.45, 7) is 3.44. The molecule has 1 aromatic carbocycles. The number of pyridine rings is 1. The average Bonchev–Trinajstić information content (AvgIpc) is 2.56. The Labute approximate surface area is 141 Å². The number of hydrogen-bond acceptors (Lipinski definition) is 0. The van der Waals surface area contributed by atoms with E-state index >= 15 is 0 Å². The molecule has 128 valence electrons. The number of aromatic nitrogens is 1. The molecule has 23 heavy (non-hydrogen) atoms. The summed E-state index contributed by atoms with van der Waals surface area (Å²) in [5, 5.41) is 2.68. The van der Waals surface area contributed by atoms with Gasteiger partial charge in [0.2, 0.25) is 0 Å². The standard InChI is InChI=1S/C21H32N.FH/c1-2-3-4-5-6-7-8-9-10-13-17-22-18-16-20-14-11-12-15-21(20)19-22;/h11-12,14-16,18-19H,2-10,13,17H2,1H3;1H/q+1;/p-1. The summed E-state index contributed by atoms with van der Waals surface area (Å²) < 4.78 is 2.34. The fourth-order valence-corrected chi connectivity index (χ4v) is 3.10. The van der Waals surface area contributed by atoms with Gasteiger partial charge in [-0.25, -0.2) is 4.57 Å². The Morgan fingerprint density at radius 2 is 1.26 bits per heavy atom. The molecule has 0 bridgehead atoms. The highest BCUT2D eigenvalue weighted by Crippen LogP contribution is 2.11. The van der Waals surface area contributed by atoms with E-state index in [0.29, 0.717) is 0 Å². The van der Waals surface area contributed by atoms with Crippen LogP contribution in [0.2, 0.25) is 0 Å². The van der Waals surface area contributed by atoms with Gasteiger partial charge < -0.3 is 4.70 Å². The van der Waals surface area contributed by atoms with Crippen molar-refractivity contribution in [3.63, 3.8) is 0 Å². The molecular formula is C21H32FN. The molecule has 1 nitrogen and oxygen atoms in total. The van der Waals surface area contributed by atoms with Gasteiger partial charge in [0.25, 0.3) is 0 Å². The highest BCUT2D eigenvalue weighted by molar-refractivity contribution is 5.80. The topological polar surface area (TPSA) is 3.88 Å². The molecule has 0 aliphatic rings. The van der Waals surface area contributed by atoms with Crippen LogP contribution in [0.15, 0.2) is 42.7 Å². The van der Waals surface area contributed by atoms with Crippen LogP contribution in [0.25, 0.3) is 10.8 Å². The molecule has 0 atom stereocenters. The number of benzene rings is 1. The first-order valence-corrected chi connectivity index (χ1v) is 9.28. The summed E-state index contributed by atoms with van der Waals surface area (Å²) in [6, 6.07) is 10.8. The maximum absolute atomic E-state index is 2.34. The molecule has 0 spiro atoms. The molecule has 0 radical (unpaired) electrons. The number of unbranched alkanes of at least 4 members (excludes halogenated alkanes) is 9. The largest absolute Gasteiger partial charge is 1.00 e. The summed E-state index contributed by atoms with van der Waals surface area (Å²) in [4.78, 5) is 0. The monoisotopic (exact) mass is 317 g/mol. The molecule has 0 aliphatic carbocycles. The number of fused-ring (bicyclic) bond motifs is 1. The summed E-state index contributed by atoms with van der Waals surface area (Å²) in [7, 11) is 0. The van der Waals surface area contributed by atoms with Crippen LogP contribution in [0.1, 0.15) is 71.1 Å². The molecule has 2 aromatic rings. The Hall–Kier alpha value is -1.44. The first-order valence-electron chi connectivity index (χ1n) is 9.28. The van der Waals surface area contributed by atoms with Gasteiger partial charge in [0.1, 0.15) is 6.54 Å². The van der Waals surface area contributed by atoms with Gasteiger partial charge in [-0.05, 0) is 17.9 Å². The second-order valence-corrected chi connectivity index (χ2v) is 6.49. The second kappa shape index (κ2) is 12.0. The van der Waals surface area contributed by atoms with Gasteiger partial charge in [0.05, 0.1) is 0 Å². The van der Waals surface area contributed by atoms with Crippen LogP contribution in [0.3, 0.4) is 0 Å². The van der Waals surface area contributed by atoms with E-state index in [2.05, 4.69) is 54.2 Å². The van der Waals surface area contributed by atoms with Gasteiger partial charge in [-0.1, -0.05) is 76.5 Å². The minimum Gasteiger partial charge on any atom is -1.00 e. The van der Waals surface area contributed by atoms with Crippen LogP contribution < -0.4 is 9.27 Å². The zero-order chi connectivity index (χ0) is 15.5. The maximum Gasteiger partial charge on any atom is 0.176 e. The SMILES string of the molecule is CCCCCCCCCCCC[n+]1ccc2ccccc2c1.[F-]. The van der Waals surface area contributed by atoms with Crippen LogP contribution in [0.5, 0.6) is 0 Å². The lowest BCUT2D eigenvalue weighted by Gasteiger charge is -2.02. The fraction of sp³-hybridized carbons (Fsp3) is 0.571. The van der Waals surface area contributed by atoms with Crippen LogP contribution >= 0.6 is 0 Å². The van der Waals surface area contributed by atoms with Crippen molar-refractivity contribution < 1.29 is 9.27 Å². The Bertz CT molecular complexity index is 538. The quantitative estimate of drug-likeness (QED) is 0.443. The first kappa shape index (κ1) is 19.6. The predicted octanol–water partition coefficient (Wildman–Crippen LogP) is 3.05. The maximum atomic E-state index is 2.34. The van der Waals surface area contributed by atoms with E-state index in [4.69, 9.17) is 0 Å². The van der Waals surface area contributed by atoms with Crippen LogP contribution in [-0.4, -0.2) is 0 Å². The van der Waals surface area contributed by atoms with Crippen LogP contribution in [0.4, 0.5) is 0 Å². The van der Waals surface area contributed by atoms with Crippen molar-refractivity contribution in [3.05, 3.63) is 42.7 Å². The predicted molar refractivity (Wildman–Crippen MR) is 96.0 cm³/mol. The molecule has 0 aliphatic heterocycles. The second-order valence-electron chi connectivity index (χ2n) is 6.49. The summed E-state index contributed by atoms with van der Waals surface area (Å²) >= 11 is 0. The molecule has 1 heterocycles. The lowest BCUT2D eigenvalue weighted by Crippen LogP contribution is -3.00. The van der Waals surface area contributed by atoms with Gasteiger partial charge in [-0.15, -0.1) is 0 Å². The molecule has 0 saturated carbocycles. The zero-order valence-corrected chi connectivity index (χ0v) is 14.6. The van der Waals surface area contributed by atoms with E-state index in [1.807, 2.05) is 0 Å². The minimum atomic E-state index is 0. The molecule has 0 amide bonds. The molecule has 0 N–H and O–H groups in total. The number of rotatable bonds is 11.